The molecule has 1 unspecified atom stereocenters. The van der Waals surface area contributed by atoms with Crippen LogP contribution in [-0.2, 0) is 17.8 Å². The lowest BCUT2D eigenvalue weighted by atomic mass is 9.90. The van der Waals surface area contributed by atoms with Gasteiger partial charge in [0.25, 0.3) is 5.91 Å². The normalized spacial score (nSPS) is 18.9. The first-order valence-corrected chi connectivity index (χ1v) is 9.19. The largest absolute Gasteiger partial charge is 0.348 e. The van der Waals surface area contributed by atoms with E-state index in [0.717, 1.165) is 29.9 Å². The minimum atomic E-state index is -0.0645. The molecular weight excluding hydrogens is 326 g/mol. The zero-order chi connectivity index (χ0) is 17.9. The van der Waals surface area contributed by atoms with E-state index in [9.17, 15) is 9.59 Å². The standard InChI is InChI=1S/C21H23N3O2/c25-20-11-18-9-14(6-7-19(18)24-20)12-23-21(26)16-4-1-3-15(10-16)17-5-2-8-22-13-17/h1,3-4,6-7,9-10,17,22H,2,5,8,11-13H2,(H,23,26)(H,24,25). The minimum absolute atomic E-state index is 0.0233. The van der Waals surface area contributed by atoms with Gasteiger partial charge in [0.15, 0.2) is 0 Å². The highest BCUT2D eigenvalue weighted by atomic mass is 16.2. The van der Waals surface area contributed by atoms with Crippen LogP contribution in [-0.4, -0.2) is 24.9 Å². The van der Waals surface area contributed by atoms with Gasteiger partial charge >= 0.3 is 0 Å². The molecular formula is C21H23N3O2. The number of piperidine rings is 1. The SMILES string of the molecule is O=C1Cc2cc(CNC(=O)c3cccc(C4CCCNC4)c3)ccc2N1. The highest BCUT2D eigenvalue weighted by molar-refractivity contribution is 5.99. The summed E-state index contributed by atoms with van der Waals surface area (Å²) in [7, 11) is 0. The lowest BCUT2D eigenvalue weighted by Gasteiger charge is -2.23. The van der Waals surface area contributed by atoms with E-state index in [2.05, 4.69) is 22.0 Å². The average Bonchev–Trinajstić information content (AvgIpc) is 3.06. The summed E-state index contributed by atoms with van der Waals surface area (Å²) in [5, 5.41) is 9.23. The molecule has 26 heavy (non-hydrogen) atoms. The number of anilines is 1. The molecule has 3 N–H and O–H groups in total. The van der Waals surface area contributed by atoms with Crippen molar-refractivity contribution in [1.82, 2.24) is 10.6 Å². The molecule has 0 aromatic heterocycles. The van der Waals surface area contributed by atoms with Crippen molar-refractivity contribution in [2.75, 3.05) is 18.4 Å². The number of hydrogen-bond acceptors (Lipinski definition) is 3. The van der Waals surface area contributed by atoms with Crippen LogP contribution in [0.1, 0.15) is 45.8 Å². The van der Waals surface area contributed by atoms with Crippen molar-refractivity contribution in [3.63, 3.8) is 0 Å². The number of carbonyl (C=O) groups excluding carboxylic acids is 2. The second-order valence-corrected chi connectivity index (χ2v) is 7.07. The molecule has 0 spiro atoms. The molecule has 5 heteroatoms. The van der Waals surface area contributed by atoms with Gasteiger partial charge in [-0.05, 0) is 60.2 Å². The summed E-state index contributed by atoms with van der Waals surface area (Å²) in [6.07, 6.45) is 2.76. The number of fused-ring (bicyclic) bond motifs is 1. The molecule has 134 valence electrons. The highest BCUT2D eigenvalue weighted by Crippen LogP contribution is 2.25. The van der Waals surface area contributed by atoms with E-state index in [4.69, 9.17) is 0 Å². The Hall–Kier alpha value is -2.66. The molecule has 2 amide bonds. The maximum Gasteiger partial charge on any atom is 0.251 e. The molecule has 2 aliphatic heterocycles. The molecule has 1 atom stereocenters. The number of benzene rings is 2. The summed E-state index contributed by atoms with van der Waals surface area (Å²) in [6.45, 7) is 2.51. The van der Waals surface area contributed by atoms with Gasteiger partial charge in [0, 0.05) is 24.3 Å². The first-order valence-electron chi connectivity index (χ1n) is 9.19. The van der Waals surface area contributed by atoms with Gasteiger partial charge in [0.1, 0.15) is 0 Å². The van der Waals surface area contributed by atoms with Gasteiger partial charge in [-0.2, -0.15) is 0 Å². The third-order valence-corrected chi connectivity index (χ3v) is 5.16. The van der Waals surface area contributed by atoms with Gasteiger partial charge < -0.3 is 16.0 Å². The molecule has 0 radical (unpaired) electrons. The van der Waals surface area contributed by atoms with Gasteiger partial charge in [-0.3, -0.25) is 9.59 Å². The Labute approximate surface area is 153 Å². The first kappa shape index (κ1) is 16.8. The van der Waals surface area contributed by atoms with Crippen molar-refractivity contribution in [2.24, 2.45) is 0 Å². The van der Waals surface area contributed by atoms with Crippen LogP contribution in [0.5, 0.6) is 0 Å². The monoisotopic (exact) mass is 349 g/mol. The van der Waals surface area contributed by atoms with E-state index in [0.29, 0.717) is 24.4 Å². The summed E-state index contributed by atoms with van der Waals surface area (Å²) in [6, 6.07) is 13.8. The van der Waals surface area contributed by atoms with Gasteiger partial charge in [0.05, 0.1) is 6.42 Å². The van der Waals surface area contributed by atoms with Crippen molar-refractivity contribution < 1.29 is 9.59 Å². The molecule has 2 heterocycles. The van der Waals surface area contributed by atoms with Crippen molar-refractivity contribution in [3.05, 3.63) is 64.7 Å². The van der Waals surface area contributed by atoms with Gasteiger partial charge in [-0.25, -0.2) is 0 Å². The van der Waals surface area contributed by atoms with Crippen LogP contribution in [0.4, 0.5) is 5.69 Å². The van der Waals surface area contributed by atoms with Crippen molar-refractivity contribution >= 4 is 17.5 Å². The van der Waals surface area contributed by atoms with Crippen LogP contribution in [0.15, 0.2) is 42.5 Å². The Morgan fingerprint density at radius 1 is 1.19 bits per heavy atom. The molecule has 2 aromatic carbocycles. The second-order valence-electron chi connectivity index (χ2n) is 7.07. The summed E-state index contributed by atoms with van der Waals surface area (Å²) < 4.78 is 0. The molecule has 0 aliphatic carbocycles. The number of rotatable bonds is 4. The van der Waals surface area contributed by atoms with Crippen molar-refractivity contribution in [1.29, 1.82) is 0 Å². The second kappa shape index (κ2) is 7.30. The molecule has 5 nitrogen and oxygen atoms in total. The van der Waals surface area contributed by atoms with Crippen LogP contribution in [0.25, 0.3) is 0 Å². The topological polar surface area (TPSA) is 70.2 Å². The summed E-state index contributed by atoms with van der Waals surface area (Å²) in [5.74, 6) is 0.443. The lowest BCUT2D eigenvalue weighted by Crippen LogP contribution is -2.28. The Kier molecular flexibility index (Phi) is 4.71. The molecule has 0 saturated carbocycles. The third kappa shape index (κ3) is 3.63. The molecule has 4 rings (SSSR count). The number of carbonyl (C=O) groups is 2. The smallest absolute Gasteiger partial charge is 0.251 e. The summed E-state index contributed by atoms with van der Waals surface area (Å²) in [5.41, 5.74) is 4.80. The molecule has 0 bridgehead atoms. The van der Waals surface area contributed by atoms with E-state index in [1.807, 2.05) is 36.4 Å². The molecule has 2 aliphatic rings. The maximum absolute atomic E-state index is 12.5. The first-order chi connectivity index (χ1) is 12.7. The van der Waals surface area contributed by atoms with E-state index >= 15 is 0 Å². The van der Waals surface area contributed by atoms with E-state index in [1.54, 1.807) is 0 Å². The van der Waals surface area contributed by atoms with Crippen LogP contribution in [0.3, 0.4) is 0 Å². The number of amides is 2. The average molecular weight is 349 g/mol. The fraction of sp³-hybridized carbons (Fsp3) is 0.333. The van der Waals surface area contributed by atoms with Crippen molar-refractivity contribution in [3.8, 4) is 0 Å². The van der Waals surface area contributed by atoms with Crippen molar-refractivity contribution in [2.45, 2.75) is 31.7 Å². The van der Waals surface area contributed by atoms with Crippen LogP contribution >= 0.6 is 0 Å². The Bertz CT molecular complexity index is 841. The van der Waals surface area contributed by atoms with Gasteiger partial charge in [-0.1, -0.05) is 24.3 Å². The Morgan fingerprint density at radius 3 is 2.96 bits per heavy atom. The number of hydrogen-bond donors (Lipinski definition) is 3. The zero-order valence-corrected chi connectivity index (χ0v) is 14.7. The van der Waals surface area contributed by atoms with Crippen LogP contribution < -0.4 is 16.0 Å². The fourth-order valence-corrected chi connectivity index (χ4v) is 3.75. The zero-order valence-electron chi connectivity index (χ0n) is 14.7. The van der Waals surface area contributed by atoms with E-state index in [1.165, 1.54) is 18.4 Å². The van der Waals surface area contributed by atoms with Crippen LogP contribution in [0.2, 0.25) is 0 Å². The predicted octanol–water partition coefficient (Wildman–Crippen LogP) is 2.58. The molecule has 2 aromatic rings. The fourth-order valence-electron chi connectivity index (χ4n) is 3.75. The van der Waals surface area contributed by atoms with Gasteiger partial charge in [-0.15, -0.1) is 0 Å². The third-order valence-electron chi connectivity index (χ3n) is 5.16. The summed E-state index contributed by atoms with van der Waals surface area (Å²) in [4.78, 5) is 24.0. The number of nitrogens with one attached hydrogen (secondary N) is 3. The van der Waals surface area contributed by atoms with E-state index < -0.39 is 0 Å². The Balaban J connectivity index is 1.41. The summed E-state index contributed by atoms with van der Waals surface area (Å²) >= 11 is 0. The highest BCUT2D eigenvalue weighted by Gasteiger charge is 2.18. The predicted molar refractivity (Wildman–Crippen MR) is 101 cm³/mol. The Morgan fingerprint density at radius 2 is 2.12 bits per heavy atom. The molecule has 1 saturated heterocycles. The minimum Gasteiger partial charge on any atom is -0.348 e. The molecule has 1 fully saturated rings. The van der Waals surface area contributed by atoms with Crippen LogP contribution in [0, 0.1) is 0 Å². The quantitative estimate of drug-likeness (QED) is 0.795. The maximum atomic E-state index is 12.5. The lowest BCUT2D eigenvalue weighted by molar-refractivity contribution is -0.115. The van der Waals surface area contributed by atoms with E-state index in [-0.39, 0.29) is 11.8 Å². The van der Waals surface area contributed by atoms with Gasteiger partial charge in [0.2, 0.25) is 5.91 Å².